The zero-order valence-corrected chi connectivity index (χ0v) is 10.1. The first-order chi connectivity index (χ1) is 7.43. The number of ether oxygens (including phenoxy) is 1. The van der Waals surface area contributed by atoms with Gasteiger partial charge in [-0.05, 0) is 0 Å². The van der Waals surface area contributed by atoms with Gasteiger partial charge in [-0.25, -0.2) is 24.3 Å². The third kappa shape index (κ3) is 6.91. The van der Waals surface area contributed by atoms with Gasteiger partial charge in [0.05, 0.1) is 6.61 Å². The molecule has 0 bridgehead atoms. The van der Waals surface area contributed by atoms with Gasteiger partial charge in [0.1, 0.15) is 6.26 Å². The molecule has 0 amide bonds. The second-order valence-corrected chi connectivity index (χ2v) is 2.89. The molecule has 0 aliphatic rings. The van der Waals surface area contributed by atoms with Crippen molar-refractivity contribution < 1.29 is 21.8 Å². The fourth-order valence-electron chi connectivity index (χ4n) is 1.03. The molecule has 0 aliphatic heterocycles. The van der Waals surface area contributed by atoms with Gasteiger partial charge in [-0.2, -0.15) is 30.3 Å². The van der Waals surface area contributed by atoms with Crippen molar-refractivity contribution in [1.29, 1.82) is 0 Å². The van der Waals surface area contributed by atoms with E-state index in [9.17, 15) is 0 Å². The minimum absolute atomic E-state index is 0. The first kappa shape index (κ1) is 14.5. The molecule has 2 heteroatoms. The van der Waals surface area contributed by atoms with E-state index in [2.05, 4.69) is 12.3 Å². The molecule has 0 atom stereocenters. The first-order valence-corrected chi connectivity index (χ1v) is 4.76. The molecule has 0 saturated heterocycles. The molecule has 0 aromatic heterocycles. The van der Waals surface area contributed by atoms with E-state index in [1.165, 1.54) is 11.8 Å². The number of hydrogen-bond acceptors (Lipinski definition) is 1. The zero-order chi connectivity index (χ0) is 10.8. The molecular formula is C14H14FeO. The van der Waals surface area contributed by atoms with E-state index in [1.807, 2.05) is 54.6 Å². The van der Waals surface area contributed by atoms with Crippen LogP contribution in [0.15, 0.2) is 73.2 Å². The van der Waals surface area contributed by atoms with Crippen LogP contribution >= 0.6 is 0 Å². The number of rotatable bonds is 3. The van der Waals surface area contributed by atoms with Crippen LogP contribution in [0.3, 0.4) is 0 Å². The molecule has 16 heavy (non-hydrogen) atoms. The van der Waals surface area contributed by atoms with Crippen molar-refractivity contribution in [2.45, 2.75) is 6.61 Å². The van der Waals surface area contributed by atoms with Crippen molar-refractivity contribution >= 4 is 0 Å². The topological polar surface area (TPSA) is 9.23 Å². The predicted molar refractivity (Wildman–Crippen MR) is 62.6 cm³/mol. The fraction of sp³-hybridized carbons (Fsp3) is 0.0714. The van der Waals surface area contributed by atoms with Gasteiger partial charge in [0, 0.05) is 0 Å². The summed E-state index contributed by atoms with van der Waals surface area (Å²) in [6, 6.07) is 18.0. The molecular weight excluding hydrogens is 240 g/mol. The summed E-state index contributed by atoms with van der Waals surface area (Å²) in [6.45, 7) is 3.98. The molecule has 1 nitrogen and oxygen atoms in total. The average molecular weight is 254 g/mol. The van der Waals surface area contributed by atoms with Crippen molar-refractivity contribution in [2.24, 2.45) is 0 Å². The molecule has 0 unspecified atom stereocenters. The fourth-order valence-corrected chi connectivity index (χ4v) is 1.03. The molecule has 0 radical (unpaired) electrons. The van der Waals surface area contributed by atoms with Gasteiger partial charge < -0.3 is 4.74 Å². The second kappa shape index (κ2) is 10.1. The van der Waals surface area contributed by atoms with E-state index in [-0.39, 0.29) is 17.1 Å². The molecule has 0 fully saturated rings. The molecule has 2 rings (SSSR count). The van der Waals surface area contributed by atoms with E-state index in [4.69, 9.17) is 4.74 Å². The molecule has 0 aliphatic carbocycles. The minimum Gasteiger partial charge on any atom is -0.501 e. The molecule has 0 spiro atoms. The largest absolute Gasteiger partial charge is 2.00 e. The Labute approximate surface area is 107 Å². The summed E-state index contributed by atoms with van der Waals surface area (Å²) in [5.41, 5.74) is 3.71. The van der Waals surface area contributed by atoms with Gasteiger partial charge in [-0.3, -0.25) is 0 Å². The van der Waals surface area contributed by atoms with Gasteiger partial charge in [-0.15, -0.1) is 5.56 Å². The van der Waals surface area contributed by atoms with Gasteiger partial charge in [0.2, 0.25) is 0 Å². The van der Waals surface area contributed by atoms with Crippen molar-refractivity contribution in [3.8, 4) is 0 Å². The monoisotopic (exact) mass is 254 g/mol. The Kier molecular flexibility index (Phi) is 9.15. The summed E-state index contributed by atoms with van der Waals surface area (Å²) in [6.07, 6.45) is 1.47. The van der Waals surface area contributed by atoms with Gasteiger partial charge in [0.15, 0.2) is 0 Å². The molecule has 0 heterocycles. The Morgan fingerprint density at radius 3 is 2.25 bits per heavy atom. The Hall–Kier alpha value is -1.46. The number of hydrogen-bond donors (Lipinski definition) is 0. The van der Waals surface area contributed by atoms with Crippen molar-refractivity contribution in [1.82, 2.24) is 0 Å². The van der Waals surface area contributed by atoms with Crippen LogP contribution in [0, 0.1) is 0 Å². The van der Waals surface area contributed by atoms with Crippen LogP contribution in [-0.2, 0) is 28.4 Å². The van der Waals surface area contributed by atoms with Crippen molar-refractivity contribution in [3.05, 3.63) is 78.7 Å². The summed E-state index contributed by atoms with van der Waals surface area (Å²) < 4.78 is 5.03. The van der Waals surface area contributed by atoms with Gasteiger partial charge >= 0.3 is 17.1 Å². The maximum absolute atomic E-state index is 5.03. The first-order valence-electron chi connectivity index (χ1n) is 4.76. The average Bonchev–Trinajstić information content (AvgIpc) is 2.94. The van der Waals surface area contributed by atoms with E-state index in [0.29, 0.717) is 6.61 Å². The Morgan fingerprint density at radius 2 is 1.81 bits per heavy atom. The quantitative estimate of drug-likeness (QED) is 0.352. The van der Waals surface area contributed by atoms with Crippen molar-refractivity contribution in [3.63, 3.8) is 0 Å². The molecule has 2 aromatic carbocycles. The molecule has 2 aromatic rings. The summed E-state index contributed by atoms with van der Waals surface area (Å²) in [7, 11) is 0. The van der Waals surface area contributed by atoms with Crippen LogP contribution in [0.25, 0.3) is 0 Å². The normalized spacial score (nSPS) is 7.75. The summed E-state index contributed by atoms with van der Waals surface area (Å²) in [4.78, 5) is 0. The Balaban J connectivity index is 0.000000318. The van der Waals surface area contributed by atoms with Crippen molar-refractivity contribution in [2.75, 3.05) is 0 Å². The van der Waals surface area contributed by atoms with E-state index < -0.39 is 0 Å². The van der Waals surface area contributed by atoms with Crippen LogP contribution in [0.4, 0.5) is 0 Å². The summed E-state index contributed by atoms with van der Waals surface area (Å²) >= 11 is 0. The zero-order valence-electron chi connectivity index (χ0n) is 8.95. The van der Waals surface area contributed by atoms with E-state index >= 15 is 0 Å². The molecule has 84 valence electrons. The van der Waals surface area contributed by atoms with Crippen LogP contribution in [0.1, 0.15) is 5.56 Å². The molecule has 0 N–H and O–H groups in total. The van der Waals surface area contributed by atoms with E-state index in [1.54, 1.807) is 0 Å². The summed E-state index contributed by atoms with van der Waals surface area (Å²) in [5, 5.41) is 0. The van der Waals surface area contributed by atoms with Gasteiger partial charge in [0.25, 0.3) is 0 Å². The SMILES string of the molecule is C=C=COC[c-]1cccc1.[Fe+2].c1cc[cH-]c1. The molecule has 0 saturated carbocycles. The maximum Gasteiger partial charge on any atom is 2.00 e. The van der Waals surface area contributed by atoms with E-state index in [0.717, 1.165) is 0 Å². The van der Waals surface area contributed by atoms with Crippen LogP contribution in [0.5, 0.6) is 0 Å². The second-order valence-electron chi connectivity index (χ2n) is 2.89. The standard InChI is InChI=1S/C9H9O.C5H5.Fe/c1-2-7-10-8-9-5-3-4-6-9;1-2-4-5-3-1;/h3-7H,1,8H2;1-5H;/q2*-1;+2. The van der Waals surface area contributed by atoms with Crippen LogP contribution < -0.4 is 0 Å². The maximum atomic E-state index is 5.03. The summed E-state index contributed by atoms with van der Waals surface area (Å²) in [5.74, 6) is 0. The van der Waals surface area contributed by atoms with Crippen LogP contribution in [-0.4, -0.2) is 0 Å². The Bertz CT molecular complexity index is 350. The van der Waals surface area contributed by atoms with Gasteiger partial charge in [-0.1, -0.05) is 12.3 Å². The third-order valence-electron chi connectivity index (χ3n) is 1.70. The Morgan fingerprint density at radius 1 is 1.19 bits per heavy atom. The third-order valence-corrected chi connectivity index (χ3v) is 1.70. The van der Waals surface area contributed by atoms with Crippen LogP contribution in [0.2, 0.25) is 0 Å². The smallest absolute Gasteiger partial charge is 0.501 e. The minimum atomic E-state index is 0. The predicted octanol–water partition coefficient (Wildman–Crippen LogP) is 3.62.